The van der Waals surface area contributed by atoms with E-state index in [-0.39, 0.29) is 10.8 Å². The standard InChI is InChI=1S/C30H52O2/c1-18(2)19-11-13-27(5)15-16-29(7)20(24(19)27)9-10-23-28(6)17-21(31)25(32)26(3,4)22(28)12-14-30(23,29)8/h18-25,31-32H,9-17H2,1-8H3/t19-,20+,21+,22-,23+,24+,25-,27+,28+,29+,30+/m0/s1. The van der Waals surface area contributed by atoms with Crippen LogP contribution in [0.5, 0.6) is 0 Å². The van der Waals surface area contributed by atoms with E-state index < -0.39 is 12.2 Å². The number of rotatable bonds is 1. The largest absolute Gasteiger partial charge is 0.390 e. The Morgan fingerprint density at radius 1 is 0.719 bits per heavy atom. The van der Waals surface area contributed by atoms with Gasteiger partial charge in [-0.15, -0.1) is 0 Å². The van der Waals surface area contributed by atoms with Crippen LogP contribution in [-0.2, 0) is 0 Å². The molecular weight excluding hydrogens is 392 g/mol. The smallest absolute Gasteiger partial charge is 0.0852 e. The maximum absolute atomic E-state index is 11.0. The molecule has 0 radical (unpaired) electrons. The zero-order valence-electron chi connectivity index (χ0n) is 22.4. The van der Waals surface area contributed by atoms with E-state index in [2.05, 4.69) is 55.4 Å². The number of hydrogen-bond acceptors (Lipinski definition) is 2. The first-order chi connectivity index (χ1) is 14.7. The first-order valence-electron chi connectivity index (χ1n) is 14.1. The van der Waals surface area contributed by atoms with Crippen LogP contribution in [0, 0.1) is 62.6 Å². The molecule has 2 heteroatoms. The van der Waals surface area contributed by atoms with E-state index in [0.29, 0.717) is 28.1 Å². The molecule has 2 N–H and O–H groups in total. The maximum atomic E-state index is 11.0. The van der Waals surface area contributed by atoms with Crippen LogP contribution in [0.4, 0.5) is 0 Å². The van der Waals surface area contributed by atoms with Crippen LogP contribution in [0.25, 0.3) is 0 Å². The molecule has 0 aliphatic heterocycles. The van der Waals surface area contributed by atoms with Crippen molar-refractivity contribution in [2.45, 2.75) is 125 Å². The van der Waals surface area contributed by atoms with Gasteiger partial charge in [0, 0.05) is 0 Å². The summed E-state index contributed by atoms with van der Waals surface area (Å²) in [4.78, 5) is 0. The molecular formula is C30H52O2. The molecule has 0 amide bonds. The maximum Gasteiger partial charge on any atom is 0.0852 e. The summed E-state index contributed by atoms with van der Waals surface area (Å²) in [6.45, 7) is 20.0. The first kappa shape index (κ1) is 23.7. The predicted molar refractivity (Wildman–Crippen MR) is 132 cm³/mol. The molecule has 5 aliphatic rings. The van der Waals surface area contributed by atoms with Gasteiger partial charge in [0.05, 0.1) is 12.2 Å². The lowest BCUT2D eigenvalue weighted by Gasteiger charge is -2.73. The highest BCUT2D eigenvalue weighted by Crippen LogP contribution is 2.77. The van der Waals surface area contributed by atoms with Crippen LogP contribution in [0.3, 0.4) is 0 Å². The normalized spacial score (nSPS) is 59.2. The average molecular weight is 445 g/mol. The Kier molecular flexibility index (Phi) is 5.17. The second-order valence-corrected chi connectivity index (χ2v) is 15.3. The van der Waals surface area contributed by atoms with E-state index in [1.165, 1.54) is 51.4 Å². The lowest BCUT2D eigenvalue weighted by Crippen LogP contribution is -2.68. The van der Waals surface area contributed by atoms with Gasteiger partial charge < -0.3 is 10.2 Å². The minimum atomic E-state index is -0.586. The Hall–Kier alpha value is -0.0800. The Labute approximate surface area is 198 Å². The number of hydrogen-bond donors (Lipinski definition) is 2. The highest BCUT2D eigenvalue weighted by molar-refractivity contribution is 5.19. The predicted octanol–water partition coefficient (Wildman–Crippen LogP) is 7.08. The summed E-state index contributed by atoms with van der Waals surface area (Å²) < 4.78 is 0. The molecule has 5 fully saturated rings. The third-order valence-corrected chi connectivity index (χ3v) is 13.7. The van der Waals surface area contributed by atoms with Gasteiger partial charge in [-0.25, -0.2) is 0 Å². The van der Waals surface area contributed by atoms with Gasteiger partial charge >= 0.3 is 0 Å². The fraction of sp³-hybridized carbons (Fsp3) is 1.00. The van der Waals surface area contributed by atoms with Crippen molar-refractivity contribution in [2.24, 2.45) is 62.6 Å². The van der Waals surface area contributed by atoms with Crippen molar-refractivity contribution in [1.29, 1.82) is 0 Å². The van der Waals surface area contributed by atoms with Gasteiger partial charge in [-0.1, -0.05) is 55.4 Å². The van der Waals surface area contributed by atoms with Gasteiger partial charge in [0.2, 0.25) is 0 Å². The summed E-state index contributed by atoms with van der Waals surface area (Å²) >= 11 is 0. The Morgan fingerprint density at radius 3 is 2.06 bits per heavy atom. The van der Waals surface area contributed by atoms with E-state index in [4.69, 9.17) is 0 Å². The molecule has 0 aromatic carbocycles. The van der Waals surface area contributed by atoms with Crippen molar-refractivity contribution in [3.8, 4) is 0 Å². The Morgan fingerprint density at radius 2 is 1.41 bits per heavy atom. The lowest BCUT2D eigenvalue weighted by molar-refractivity contribution is -0.263. The van der Waals surface area contributed by atoms with Gasteiger partial charge in [0.15, 0.2) is 0 Å². The van der Waals surface area contributed by atoms with E-state index in [1.807, 2.05) is 0 Å². The highest BCUT2D eigenvalue weighted by atomic mass is 16.3. The summed E-state index contributed by atoms with van der Waals surface area (Å²) in [5.74, 6) is 4.65. The van der Waals surface area contributed by atoms with Crippen LogP contribution in [0.1, 0.15) is 113 Å². The number of aliphatic hydroxyl groups excluding tert-OH is 2. The second-order valence-electron chi connectivity index (χ2n) is 15.3. The van der Waals surface area contributed by atoms with E-state index in [0.717, 1.165) is 30.1 Å². The monoisotopic (exact) mass is 444 g/mol. The van der Waals surface area contributed by atoms with Crippen molar-refractivity contribution >= 4 is 0 Å². The fourth-order valence-electron chi connectivity index (χ4n) is 11.9. The molecule has 0 aromatic heterocycles. The quantitative estimate of drug-likeness (QED) is 0.454. The number of fused-ring (bicyclic) bond motifs is 7. The molecule has 2 nitrogen and oxygen atoms in total. The summed E-state index contributed by atoms with van der Waals surface area (Å²) in [6, 6.07) is 0. The van der Waals surface area contributed by atoms with Crippen molar-refractivity contribution < 1.29 is 10.2 Å². The molecule has 0 aromatic rings. The molecule has 0 unspecified atom stereocenters. The van der Waals surface area contributed by atoms with Gasteiger partial charge in [0.1, 0.15) is 0 Å². The van der Waals surface area contributed by atoms with Crippen LogP contribution in [0.15, 0.2) is 0 Å². The summed E-state index contributed by atoms with van der Waals surface area (Å²) in [5.41, 5.74) is 1.26. The van der Waals surface area contributed by atoms with Crippen molar-refractivity contribution in [3.63, 3.8) is 0 Å². The minimum absolute atomic E-state index is 0.136. The lowest BCUT2D eigenvalue weighted by atomic mass is 9.32. The van der Waals surface area contributed by atoms with E-state index >= 15 is 0 Å². The summed E-state index contributed by atoms with van der Waals surface area (Å²) in [7, 11) is 0. The molecule has 0 spiro atoms. The minimum Gasteiger partial charge on any atom is -0.390 e. The third kappa shape index (κ3) is 2.72. The zero-order chi connectivity index (χ0) is 23.5. The second kappa shape index (κ2) is 6.99. The topological polar surface area (TPSA) is 40.5 Å². The summed E-state index contributed by atoms with van der Waals surface area (Å²) in [5, 5.41) is 21.9. The molecule has 0 saturated heterocycles. The molecule has 32 heavy (non-hydrogen) atoms. The molecule has 11 atom stereocenters. The van der Waals surface area contributed by atoms with E-state index in [9.17, 15) is 10.2 Å². The fourth-order valence-corrected chi connectivity index (χ4v) is 11.9. The molecule has 5 saturated carbocycles. The SMILES string of the molecule is CC(C)[C@@H]1CC[C@]2(C)CC[C@]3(C)[C@H](CC[C@@H]4[C@]5(C)C[C@@H](O)[C@H](O)C(C)(C)[C@@H]5CC[C@]43C)[C@@H]12. The van der Waals surface area contributed by atoms with Crippen LogP contribution < -0.4 is 0 Å². The first-order valence-corrected chi connectivity index (χ1v) is 14.1. The number of aliphatic hydroxyl groups is 2. The third-order valence-electron chi connectivity index (χ3n) is 13.7. The van der Waals surface area contributed by atoms with Gasteiger partial charge in [0.25, 0.3) is 0 Å². The van der Waals surface area contributed by atoms with Crippen molar-refractivity contribution in [3.05, 3.63) is 0 Å². The zero-order valence-corrected chi connectivity index (χ0v) is 22.4. The Balaban J connectivity index is 1.55. The van der Waals surface area contributed by atoms with Gasteiger partial charge in [-0.05, 0) is 120 Å². The molecule has 5 aliphatic carbocycles. The van der Waals surface area contributed by atoms with Gasteiger partial charge in [-0.2, -0.15) is 0 Å². The van der Waals surface area contributed by atoms with Crippen LogP contribution in [-0.4, -0.2) is 22.4 Å². The molecule has 5 rings (SSSR count). The van der Waals surface area contributed by atoms with Crippen LogP contribution >= 0.6 is 0 Å². The highest BCUT2D eigenvalue weighted by Gasteiger charge is 2.71. The average Bonchev–Trinajstić information content (AvgIpc) is 3.05. The van der Waals surface area contributed by atoms with Gasteiger partial charge in [-0.3, -0.25) is 0 Å². The molecule has 0 bridgehead atoms. The van der Waals surface area contributed by atoms with E-state index in [1.54, 1.807) is 0 Å². The Bertz CT molecular complexity index is 758. The molecule has 0 heterocycles. The summed E-state index contributed by atoms with van der Waals surface area (Å²) in [6.07, 6.45) is 10.6. The molecule has 184 valence electrons. The van der Waals surface area contributed by atoms with Crippen molar-refractivity contribution in [1.82, 2.24) is 0 Å². The van der Waals surface area contributed by atoms with Crippen LogP contribution in [0.2, 0.25) is 0 Å². The van der Waals surface area contributed by atoms with Crippen molar-refractivity contribution in [2.75, 3.05) is 0 Å².